The number of rotatable bonds is 13. The third-order valence-corrected chi connectivity index (χ3v) is 5.02. The molecular formula is C24H32O5. The van der Waals surface area contributed by atoms with Gasteiger partial charge in [-0.3, -0.25) is 4.79 Å². The van der Waals surface area contributed by atoms with Crippen LogP contribution in [0, 0.1) is 11.8 Å². The minimum absolute atomic E-state index is 0.0604. The molecule has 0 aliphatic rings. The van der Waals surface area contributed by atoms with E-state index in [1.807, 2.05) is 61.5 Å². The second-order valence-electron chi connectivity index (χ2n) is 7.33. The number of ether oxygens (including phenoxy) is 3. The Morgan fingerprint density at radius 1 is 1.00 bits per heavy atom. The summed E-state index contributed by atoms with van der Waals surface area (Å²) in [5.41, 5.74) is 1.05. The molecule has 5 nitrogen and oxygen atoms in total. The van der Waals surface area contributed by atoms with E-state index in [4.69, 9.17) is 14.2 Å². The molecule has 158 valence electrons. The van der Waals surface area contributed by atoms with Crippen LogP contribution in [0.4, 0.5) is 0 Å². The van der Waals surface area contributed by atoms with Crippen molar-refractivity contribution in [2.24, 2.45) is 11.8 Å². The quantitative estimate of drug-likeness (QED) is 0.509. The molecule has 1 N–H and O–H groups in total. The van der Waals surface area contributed by atoms with Gasteiger partial charge in [0.15, 0.2) is 0 Å². The average molecular weight is 401 g/mol. The van der Waals surface area contributed by atoms with E-state index >= 15 is 0 Å². The summed E-state index contributed by atoms with van der Waals surface area (Å²) in [6, 6.07) is 17.2. The molecule has 0 radical (unpaired) electrons. The summed E-state index contributed by atoms with van der Waals surface area (Å²) in [6.07, 6.45) is 0.688. The largest absolute Gasteiger partial charge is 0.497 e. The van der Waals surface area contributed by atoms with Gasteiger partial charge in [0.1, 0.15) is 17.3 Å². The van der Waals surface area contributed by atoms with Crippen LogP contribution in [0.1, 0.15) is 32.3 Å². The van der Waals surface area contributed by atoms with Crippen molar-refractivity contribution in [1.29, 1.82) is 0 Å². The van der Waals surface area contributed by atoms with Gasteiger partial charge in [-0.2, -0.15) is 0 Å². The average Bonchev–Trinajstić information content (AvgIpc) is 2.76. The lowest BCUT2D eigenvalue weighted by Crippen LogP contribution is -2.33. The molecule has 0 heterocycles. The summed E-state index contributed by atoms with van der Waals surface area (Å²) in [4.78, 5) is 12.6. The highest BCUT2D eigenvalue weighted by Crippen LogP contribution is 2.19. The Kier molecular flexibility index (Phi) is 9.68. The molecule has 0 aromatic heterocycles. The van der Waals surface area contributed by atoms with Crippen molar-refractivity contribution in [3.63, 3.8) is 0 Å². The minimum atomic E-state index is -0.802. The molecule has 0 saturated heterocycles. The van der Waals surface area contributed by atoms with Gasteiger partial charge in [-0.25, -0.2) is 0 Å². The number of aliphatic hydroxyl groups excluding tert-OH is 1. The second kappa shape index (κ2) is 12.2. The van der Waals surface area contributed by atoms with Crippen LogP contribution in [-0.2, 0) is 16.1 Å². The zero-order valence-corrected chi connectivity index (χ0v) is 17.5. The Labute approximate surface area is 173 Å². The molecule has 0 fully saturated rings. The van der Waals surface area contributed by atoms with Crippen molar-refractivity contribution in [2.45, 2.75) is 39.4 Å². The van der Waals surface area contributed by atoms with Gasteiger partial charge in [0.05, 0.1) is 33.0 Å². The Morgan fingerprint density at radius 2 is 1.66 bits per heavy atom. The number of ketones is 1. The number of carbonyl (C=O) groups excluding carboxylic acids is 1. The number of carbonyl (C=O) groups is 1. The Balaban J connectivity index is 1.65. The lowest BCUT2D eigenvalue weighted by atomic mass is 9.89. The van der Waals surface area contributed by atoms with Gasteiger partial charge in [-0.05, 0) is 42.7 Å². The molecule has 0 bridgehead atoms. The van der Waals surface area contributed by atoms with Crippen LogP contribution in [0.5, 0.6) is 11.5 Å². The molecule has 0 saturated carbocycles. The fourth-order valence-corrected chi connectivity index (χ4v) is 3.05. The Morgan fingerprint density at radius 3 is 2.31 bits per heavy atom. The third-order valence-electron chi connectivity index (χ3n) is 5.02. The molecule has 0 aliphatic carbocycles. The van der Waals surface area contributed by atoms with Crippen LogP contribution < -0.4 is 9.47 Å². The molecule has 3 atom stereocenters. The van der Waals surface area contributed by atoms with Gasteiger partial charge in [0.2, 0.25) is 0 Å². The van der Waals surface area contributed by atoms with Gasteiger partial charge >= 0.3 is 0 Å². The van der Waals surface area contributed by atoms with E-state index < -0.39 is 12.0 Å². The Hall–Kier alpha value is -2.37. The summed E-state index contributed by atoms with van der Waals surface area (Å²) >= 11 is 0. The summed E-state index contributed by atoms with van der Waals surface area (Å²) in [6.45, 7) is 4.79. The number of hydrogen-bond donors (Lipinski definition) is 1. The molecule has 0 unspecified atom stereocenters. The van der Waals surface area contributed by atoms with E-state index in [0.717, 1.165) is 29.9 Å². The van der Waals surface area contributed by atoms with E-state index in [-0.39, 0.29) is 18.3 Å². The van der Waals surface area contributed by atoms with Gasteiger partial charge in [-0.1, -0.05) is 44.2 Å². The van der Waals surface area contributed by atoms with Crippen LogP contribution in [-0.4, -0.2) is 37.3 Å². The van der Waals surface area contributed by atoms with E-state index in [1.165, 1.54) is 0 Å². The fourth-order valence-electron chi connectivity index (χ4n) is 3.05. The molecule has 5 heteroatoms. The first kappa shape index (κ1) is 22.9. The second-order valence-corrected chi connectivity index (χ2v) is 7.33. The topological polar surface area (TPSA) is 65.0 Å². The third kappa shape index (κ3) is 7.87. The Bertz CT molecular complexity index is 714. The number of Topliss-reactive ketones (excluding diaryl/α,β-unsaturated/α-hetero) is 1. The normalized spacial score (nSPS) is 14.1. The molecule has 0 amide bonds. The molecule has 2 aromatic carbocycles. The predicted octanol–water partition coefficient (Wildman–Crippen LogP) is 4.27. The van der Waals surface area contributed by atoms with E-state index in [1.54, 1.807) is 14.0 Å². The molecule has 0 aliphatic heterocycles. The zero-order valence-electron chi connectivity index (χ0n) is 17.5. The molecule has 29 heavy (non-hydrogen) atoms. The number of hydrogen-bond acceptors (Lipinski definition) is 5. The van der Waals surface area contributed by atoms with Crippen molar-refractivity contribution in [3.05, 3.63) is 60.2 Å². The molecule has 2 rings (SSSR count). The summed E-state index contributed by atoms with van der Waals surface area (Å²) in [5, 5.41) is 10.3. The van der Waals surface area contributed by atoms with Crippen LogP contribution in [0.3, 0.4) is 0 Å². The minimum Gasteiger partial charge on any atom is -0.497 e. The summed E-state index contributed by atoms with van der Waals surface area (Å²) in [5.74, 6) is 1.04. The fraction of sp³-hybridized carbons (Fsp3) is 0.458. The van der Waals surface area contributed by atoms with E-state index in [9.17, 15) is 9.90 Å². The number of methoxy groups -OCH3 is 1. The highest BCUT2D eigenvalue weighted by atomic mass is 16.5. The SMILES string of the molecule is COc1ccc(OCCC[C@H](C)C(=O)[C@H](C)[C@@H](O)COCc2ccccc2)cc1. The van der Waals surface area contributed by atoms with Gasteiger partial charge in [0.25, 0.3) is 0 Å². The van der Waals surface area contributed by atoms with Crippen molar-refractivity contribution < 1.29 is 24.1 Å². The van der Waals surface area contributed by atoms with Crippen molar-refractivity contribution in [3.8, 4) is 11.5 Å². The first-order chi connectivity index (χ1) is 14.0. The molecular weight excluding hydrogens is 368 g/mol. The van der Waals surface area contributed by atoms with E-state index in [0.29, 0.717) is 13.2 Å². The maximum atomic E-state index is 12.6. The maximum Gasteiger partial charge on any atom is 0.141 e. The van der Waals surface area contributed by atoms with Crippen molar-refractivity contribution in [2.75, 3.05) is 20.3 Å². The van der Waals surface area contributed by atoms with E-state index in [2.05, 4.69) is 0 Å². The highest BCUT2D eigenvalue weighted by Gasteiger charge is 2.26. The summed E-state index contributed by atoms with van der Waals surface area (Å²) in [7, 11) is 1.63. The molecule has 2 aromatic rings. The lowest BCUT2D eigenvalue weighted by Gasteiger charge is -2.21. The standard InChI is InChI=1S/C24H32O5/c1-18(8-7-15-29-22-13-11-21(27-3)12-14-22)24(26)19(2)23(25)17-28-16-20-9-5-4-6-10-20/h4-6,9-14,18-19,23,25H,7-8,15-17H2,1-3H3/t18-,19+,23-/m0/s1. The maximum absolute atomic E-state index is 12.6. The first-order valence-corrected chi connectivity index (χ1v) is 10.1. The van der Waals surface area contributed by atoms with Gasteiger partial charge < -0.3 is 19.3 Å². The van der Waals surface area contributed by atoms with Crippen LogP contribution in [0.15, 0.2) is 54.6 Å². The number of aliphatic hydroxyl groups is 1. The predicted molar refractivity (Wildman–Crippen MR) is 113 cm³/mol. The lowest BCUT2D eigenvalue weighted by molar-refractivity contribution is -0.131. The molecule has 0 spiro atoms. The highest BCUT2D eigenvalue weighted by molar-refractivity contribution is 5.83. The van der Waals surface area contributed by atoms with Crippen molar-refractivity contribution in [1.82, 2.24) is 0 Å². The van der Waals surface area contributed by atoms with Gasteiger partial charge in [-0.15, -0.1) is 0 Å². The van der Waals surface area contributed by atoms with Gasteiger partial charge in [0, 0.05) is 11.8 Å². The van der Waals surface area contributed by atoms with Crippen LogP contribution in [0.25, 0.3) is 0 Å². The zero-order chi connectivity index (χ0) is 21.1. The van der Waals surface area contributed by atoms with Crippen LogP contribution >= 0.6 is 0 Å². The van der Waals surface area contributed by atoms with Crippen LogP contribution in [0.2, 0.25) is 0 Å². The van der Waals surface area contributed by atoms with Crippen molar-refractivity contribution >= 4 is 5.78 Å². The summed E-state index contributed by atoms with van der Waals surface area (Å²) < 4.78 is 16.4. The first-order valence-electron chi connectivity index (χ1n) is 10.1. The smallest absolute Gasteiger partial charge is 0.141 e. The monoisotopic (exact) mass is 400 g/mol. The number of benzene rings is 2.